The van der Waals surface area contributed by atoms with E-state index in [2.05, 4.69) is 21.2 Å². The van der Waals surface area contributed by atoms with E-state index in [1.807, 2.05) is 30.3 Å². The van der Waals surface area contributed by atoms with E-state index in [1.54, 1.807) is 37.3 Å². The molecule has 1 amide bonds. The van der Waals surface area contributed by atoms with Crippen LogP contribution in [0.2, 0.25) is 0 Å². The number of hydrogen-bond acceptors (Lipinski definition) is 4. The molecule has 6 nitrogen and oxygen atoms in total. The fourth-order valence-electron chi connectivity index (χ4n) is 2.83. The Labute approximate surface area is 176 Å². The zero-order valence-corrected chi connectivity index (χ0v) is 17.3. The summed E-state index contributed by atoms with van der Waals surface area (Å²) < 4.78 is 6.46. The van der Waals surface area contributed by atoms with Crippen molar-refractivity contribution < 1.29 is 14.5 Å². The Kier molecular flexibility index (Phi) is 6.61. The summed E-state index contributed by atoms with van der Waals surface area (Å²) in [6, 6.07) is 19.7. The van der Waals surface area contributed by atoms with Crippen molar-refractivity contribution in [3.63, 3.8) is 0 Å². The smallest absolute Gasteiger partial charge is 0.274 e. The van der Waals surface area contributed by atoms with Crippen molar-refractivity contribution in [2.45, 2.75) is 13.3 Å². The molecule has 0 spiro atoms. The highest BCUT2D eigenvalue weighted by Crippen LogP contribution is 2.28. The molecule has 7 heteroatoms. The third-order valence-corrected chi connectivity index (χ3v) is 5.06. The third kappa shape index (κ3) is 5.20. The van der Waals surface area contributed by atoms with Gasteiger partial charge in [-0.2, -0.15) is 0 Å². The van der Waals surface area contributed by atoms with E-state index in [4.69, 9.17) is 4.74 Å². The molecule has 29 heavy (non-hydrogen) atoms. The van der Waals surface area contributed by atoms with Gasteiger partial charge in [0, 0.05) is 18.1 Å². The predicted octanol–water partition coefficient (Wildman–Crippen LogP) is 5.54. The largest absolute Gasteiger partial charge is 0.492 e. The molecule has 3 aromatic rings. The molecule has 148 valence electrons. The molecule has 0 aliphatic carbocycles. The van der Waals surface area contributed by atoms with Crippen LogP contribution in [0.25, 0.3) is 0 Å². The van der Waals surface area contributed by atoms with E-state index in [0.717, 1.165) is 6.42 Å². The number of carbonyl (C=O) groups is 1. The van der Waals surface area contributed by atoms with Gasteiger partial charge in [-0.3, -0.25) is 14.9 Å². The maximum Gasteiger partial charge on any atom is 0.274 e. The molecule has 0 aliphatic heterocycles. The summed E-state index contributed by atoms with van der Waals surface area (Å²) in [6.45, 7) is 2.12. The Hall–Kier alpha value is -3.19. The maximum absolute atomic E-state index is 12.6. The van der Waals surface area contributed by atoms with Crippen LogP contribution in [0.4, 0.5) is 11.4 Å². The summed E-state index contributed by atoms with van der Waals surface area (Å²) in [5.74, 6) is 0.286. The van der Waals surface area contributed by atoms with Crippen molar-refractivity contribution in [2.75, 3.05) is 11.9 Å². The number of nitro benzene ring substituents is 1. The SMILES string of the molecule is Cc1c(NC(=O)c2ccc(OCCc3ccccc3)c(Br)c2)cccc1[N+](=O)[O-]. The first-order chi connectivity index (χ1) is 14.0. The van der Waals surface area contributed by atoms with Gasteiger partial charge in [0.1, 0.15) is 5.75 Å². The summed E-state index contributed by atoms with van der Waals surface area (Å²) in [4.78, 5) is 23.2. The fourth-order valence-corrected chi connectivity index (χ4v) is 3.33. The first-order valence-electron chi connectivity index (χ1n) is 8.97. The number of anilines is 1. The fraction of sp³-hybridized carbons (Fsp3) is 0.136. The van der Waals surface area contributed by atoms with Gasteiger partial charge >= 0.3 is 0 Å². The zero-order valence-electron chi connectivity index (χ0n) is 15.7. The molecule has 0 aliphatic rings. The number of hydrogen-bond donors (Lipinski definition) is 1. The van der Waals surface area contributed by atoms with Gasteiger partial charge in [-0.05, 0) is 52.7 Å². The van der Waals surface area contributed by atoms with E-state index < -0.39 is 4.92 Å². The van der Waals surface area contributed by atoms with Crippen LogP contribution in [0.15, 0.2) is 71.2 Å². The van der Waals surface area contributed by atoms with Crippen molar-refractivity contribution in [3.8, 4) is 5.75 Å². The lowest BCUT2D eigenvalue weighted by molar-refractivity contribution is -0.385. The van der Waals surface area contributed by atoms with Crippen molar-refractivity contribution in [3.05, 3.63) is 98.0 Å². The van der Waals surface area contributed by atoms with Gasteiger partial charge < -0.3 is 10.1 Å². The van der Waals surface area contributed by atoms with Gasteiger partial charge in [-0.15, -0.1) is 0 Å². The molecule has 0 atom stereocenters. The Balaban J connectivity index is 1.66. The average Bonchev–Trinajstić information content (AvgIpc) is 2.71. The van der Waals surface area contributed by atoms with E-state index in [9.17, 15) is 14.9 Å². The lowest BCUT2D eigenvalue weighted by Crippen LogP contribution is -2.13. The molecular weight excluding hydrogens is 436 g/mol. The first kappa shape index (κ1) is 20.5. The molecular formula is C22H19BrN2O4. The van der Waals surface area contributed by atoms with E-state index in [0.29, 0.717) is 33.6 Å². The minimum atomic E-state index is -0.469. The second kappa shape index (κ2) is 9.34. The Morgan fingerprint density at radius 1 is 1.10 bits per heavy atom. The second-order valence-corrected chi connectivity index (χ2v) is 7.24. The number of rotatable bonds is 7. The minimum absolute atomic E-state index is 0.0360. The number of ether oxygens (including phenoxy) is 1. The summed E-state index contributed by atoms with van der Waals surface area (Å²) in [5, 5.41) is 13.8. The van der Waals surface area contributed by atoms with Gasteiger partial charge in [0.2, 0.25) is 0 Å². The highest BCUT2D eigenvalue weighted by Gasteiger charge is 2.16. The molecule has 0 saturated heterocycles. The van der Waals surface area contributed by atoms with Gasteiger partial charge in [0.25, 0.3) is 11.6 Å². The number of halogens is 1. The Morgan fingerprint density at radius 3 is 2.55 bits per heavy atom. The van der Waals surface area contributed by atoms with E-state index in [-0.39, 0.29) is 11.6 Å². The molecule has 3 rings (SSSR count). The molecule has 0 aromatic heterocycles. The second-order valence-electron chi connectivity index (χ2n) is 6.39. The van der Waals surface area contributed by atoms with Crippen molar-refractivity contribution in [1.29, 1.82) is 0 Å². The number of benzene rings is 3. The maximum atomic E-state index is 12.6. The quantitative estimate of drug-likeness (QED) is 0.375. The lowest BCUT2D eigenvalue weighted by Gasteiger charge is -2.11. The lowest BCUT2D eigenvalue weighted by atomic mass is 10.1. The molecule has 0 unspecified atom stereocenters. The summed E-state index contributed by atoms with van der Waals surface area (Å²) in [5.41, 5.74) is 2.38. The van der Waals surface area contributed by atoms with Crippen molar-refractivity contribution in [2.24, 2.45) is 0 Å². The highest BCUT2D eigenvalue weighted by atomic mass is 79.9. The van der Waals surface area contributed by atoms with Gasteiger partial charge in [0.15, 0.2) is 0 Å². The zero-order chi connectivity index (χ0) is 20.8. The van der Waals surface area contributed by atoms with Crippen LogP contribution in [0.5, 0.6) is 5.75 Å². The molecule has 0 saturated carbocycles. The van der Waals surface area contributed by atoms with E-state index in [1.165, 1.54) is 11.6 Å². The molecule has 0 fully saturated rings. The number of carbonyl (C=O) groups excluding carboxylic acids is 1. The van der Waals surface area contributed by atoms with E-state index >= 15 is 0 Å². The molecule has 3 aromatic carbocycles. The highest BCUT2D eigenvalue weighted by molar-refractivity contribution is 9.10. The number of nitrogens with one attached hydrogen (secondary N) is 1. The van der Waals surface area contributed by atoms with Gasteiger partial charge in [0.05, 0.1) is 27.3 Å². The first-order valence-corrected chi connectivity index (χ1v) is 9.76. The van der Waals surface area contributed by atoms with Crippen LogP contribution in [0.1, 0.15) is 21.5 Å². The Bertz CT molecular complexity index is 1040. The van der Waals surface area contributed by atoms with Crippen LogP contribution in [-0.4, -0.2) is 17.4 Å². The van der Waals surface area contributed by atoms with Crippen molar-refractivity contribution in [1.82, 2.24) is 0 Å². The average molecular weight is 455 g/mol. The normalized spacial score (nSPS) is 10.4. The standard InChI is InChI=1S/C22H19BrN2O4/c1-15-19(8-5-9-20(15)25(27)28)24-22(26)17-10-11-21(18(23)14-17)29-13-12-16-6-3-2-4-7-16/h2-11,14H,12-13H2,1H3,(H,24,26). The summed E-state index contributed by atoms with van der Waals surface area (Å²) in [6.07, 6.45) is 0.779. The van der Waals surface area contributed by atoms with Crippen molar-refractivity contribution >= 4 is 33.2 Å². The molecule has 0 heterocycles. The van der Waals surface area contributed by atoms with Gasteiger partial charge in [-0.1, -0.05) is 36.4 Å². The van der Waals surface area contributed by atoms with Crippen LogP contribution >= 0.6 is 15.9 Å². The molecule has 0 radical (unpaired) electrons. The van der Waals surface area contributed by atoms with Crippen LogP contribution in [-0.2, 0) is 6.42 Å². The number of nitrogens with zero attached hydrogens (tertiary/aromatic N) is 1. The third-order valence-electron chi connectivity index (χ3n) is 4.44. The minimum Gasteiger partial charge on any atom is -0.492 e. The monoisotopic (exact) mass is 454 g/mol. The van der Waals surface area contributed by atoms with Gasteiger partial charge in [-0.25, -0.2) is 0 Å². The number of amides is 1. The number of nitro groups is 1. The molecule has 1 N–H and O–H groups in total. The topological polar surface area (TPSA) is 81.5 Å². The molecule has 0 bridgehead atoms. The Morgan fingerprint density at radius 2 is 1.86 bits per heavy atom. The predicted molar refractivity (Wildman–Crippen MR) is 116 cm³/mol. The summed E-state index contributed by atoms with van der Waals surface area (Å²) in [7, 11) is 0. The van der Waals surface area contributed by atoms with Crippen LogP contribution in [0.3, 0.4) is 0 Å². The van der Waals surface area contributed by atoms with Crippen LogP contribution in [0, 0.1) is 17.0 Å². The summed E-state index contributed by atoms with van der Waals surface area (Å²) >= 11 is 3.44. The van der Waals surface area contributed by atoms with Crippen LogP contribution < -0.4 is 10.1 Å².